The second kappa shape index (κ2) is 4.05. The fourth-order valence-electron chi connectivity index (χ4n) is 4.91. The van der Waals surface area contributed by atoms with Gasteiger partial charge in [-0.05, 0) is 50.4 Å². The number of Topliss-reactive ketones (excluding diaryl/α,β-unsaturated/α-hetero) is 1. The molecule has 2 aliphatic heterocycles. The summed E-state index contributed by atoms with van der Waals surface area (Å²) in [5.41, 5.74) is -0.304. The minimum atomic E-state index is -2.87. The fraction of sp³-hybridized carbons (Fsp3) is 0.611. The van der Waals surface area contributed by atoms with Crippen LogP contribution in [0, 0.1) is 5.92 Å². The molecule has 1 saturated heterocycles. The Kier molecular flexibility index (Phi) is 1.44. The van der Waals surface area contributed by atoms with Crippen LogP contribution in [0.15, 0.2) is 12.1 Å². The number of carbonyl (C=O) groups is 1. The molecule has 5 rings (SSSR count). The van der Waals surface area contributed by atoms with Gasteiger partial charge in [0.15, 0.2) is 23.4 Å². The first-order valence-corrected chi connectivity index (χ1v) is 7.66. The third-order valence-corrected chi connectivity index (χ3v) is 5.82. The first kappa shape index (κ1) is 7.82. The van der Waals surface area contributed by atoms with Crippen molar-refractivity contribution in [3.8, 4) is 11.5 Å². The first-order chi connectivity index (χ1) is 13.4. The quantitative estimate of drug-likeness (QED) is 0.795. The molecule has 4 aliphatic rings. The number of ether oxygens (including phenoxy) is 2. The molecule has 0 N–H and O–H groups in total. The van der Waals surface area contributed by atoms with Crippen LogP contribution in [0.3, 0.4) is 0 Å². The Labute approximate surface area is 140 Å². The van der Waals surface area contributed by atoms with Crippen molar-refractivity contribution in [1.29, 1.82) is 0 Å². The zero-order valence-electron chi connectivity index (χ0n) is 19.3. The van der Waals surface area contributed by atoms with Crippen LogP contribution >= 0.6 is 0 Å². The first-order valence-electron chi connectivity index (χ1n) is 11.2. The molecule has 116 valence electrons. The van der Waals surface area contributed by atoms with Crippen LogP contribution in [0.25, 0.3) is 0 Å². The highest BCUT2D eigenvalue weighted by Gasteiger charge is 2.65. The van der Waals surface area contributed by atoms with E-state index in [2.05, 4.69) is 0 Å². The lowest BCUT2D eigenvalue weighted by Gasteiger charge is -2.57. The number of hydrogen-bond donors (Lipinski definition) is 0. The molecule has 2 bridgehead atoms. The van der Waals surface area contributed by atoms with Gasteiger partial charge in [0.25, 0.3) is 0 Å². The molecule has 1 spiro atoms. The summed E-state index contributed by atoms with van der Waals surface area (Å²) in [4.78, 5) is 14.9. The van der Waals surface area contributed by atoms with Crippen molar-refractivity contribution in [2.24, 2.45) is 5.92 Å². The normalized spacial score (nSPS) is 50.3. The number of rotatable bonds is 1. The number of likely N-dealkylation sites (tertiary alicyclic amines) is 1. The molecule has 4 nitrogen and oxygen atoms in total. The van der Waals surface area contributed by atoms with E-state index in [0.717, 1.165) is 0 Å². The number of benzene rings is 1. The number of carbonyl (C=O) groups excluding carboxylic acids is 1. The predicted octanol–water partition coefficient (Wildman–Crippen LogP) is 1.93. The maximum atomic E-state index is 13.0. The van der Waals surface area contributed by atoms with Crippen LogP contribution in [0.1, 0.15) is 40.0 Å². The standard InChI is InChI=1S/C18H21NO3/c1-19-8-7-18-11-4-5-13(20)17(18)22-16-14(21-2)6-3-10(15(16)18)9-12(11)19/h3,6,11-12,17H,4-5,7-9H2,1-2H3/t11-,12+,17?,18-/m0/s1/i2D3,3D,6D,12D,17D. The van der Waals surface area contributed by atoms with Gasteiger partial charge in [0, 0.05) is 24.8 Å². The Hall–Kier alpha value is -1.55. The molecule has 2 aliphatic carbocycles. The number of methoxy groups -OCH3 is 1. The van der Waals surface area contributed by atoms with Gasteiger partial charge < -0.3 is 14.4 Å². The highest BCUT2D eigenvalue weighted by Crippen LogP contribution is 2.62. The van der Waals surface area contributed by atoms with Crippen LogP contribution < -0.4 is 9.47 Å². The average molecular weight is 306 g/mol. The highest BCUT2D eigenvalue weighted by atomic mass is 16.5. The van der Waals surface area contributed by atoms with Gasteiger partial charge in [-0.3, -0.25) is 4.79 Å². The molecular formula is C18H21NO3. The fourth-order valence-corrected chi connectivity index (χ4v) is 4.91. The molecule has 2 fully saturated rings. The molecular weight excluding hydrogens is 278 g/mol. The molecule has 4 heteroatoms. The monoisotopic (exact) mass is 306 g/mol. The number of ketones is 1. The lowest BCUT2D eigenvalue weighted by Crippen LogP contribution is -2.65. The van der Waals surface area contributed by atoms with Gasteiger partial charge >= 0.3 is 0 Å². The van der Waals surface area contributed by atoms with E-state index >= 15 is 0 Å². The van der Waals surface area contributed by atoms with E-state index in [4.69, 9.17) is 17.7 Å². The molecule has 22 heavy (non-hydrogen) atoms. The van der Waals surface area contributed by atoms with Crippen molar-refractivity contribution in [3.63, 3.8) is 0 Å². The van der Waals surface area contributed by atoms with Crippen molar-refractivity contribution in [2.45, 2.75) is 43.2 Å². The molecule has 4 atom stereocenters. The van der Waals surface area contributed by atoms with Gasteiger partial charge in [-0.1, -0.05) is 6.04 Å². The van der Waals surface area contributed by atoms with E-state index in [9.17, 15) is 6.17 Å². The highest BCUT2D eigenvalue weighted by molar-refractivity contribution is 5.89. The summed E-state index contributed by atoms with van der Waals surface area (Å²) >= 11 is 0. The lowest BCUT2D eigenvalue weighted by atomic mass is 9.52. The molecule has 0 aromatic heterocycles. The van der Waals surface area contributed by atoms with Crippen LogP contribution in [0.4, 0.5) is 0 Å². The van der Waals surface area contributed by atoms with E-state index in [0.29, 0.717) is 30.5 Å². The van der Waals surface area contributed by atoms with E-state index in [1.165, 1.54) is 0 Å². The van der Waals surface area contributed by atoms with E-state index in [-0.39, 0.29) is 30.6 Å². The molecule has 1 unspecified atom stereocenters. The summed E-state index contributed by atoms with van der Waals surface area (Å²) in [6.07, 6.45) is -0.932. The number of likely N-dealkylation sites (N-methyl/N-ethyl adjacent to an activating group) is 1. The van der Waals surface area contributed by atoms with Gasteiger partial charge in [-0.25, -0.2) is 0 Å². The van der Waals surface area contributed by atoms with E-state index in [1.54, 1.807) is 0 Å². The Balaban J connectivity index is 1.88. The van der Waals surface area contributed by atoms with Gasteiger partial charge in [0.1, 0.15) is 0 Å². The summed E-state index contributed by atoms with van der Waals surface area (Å²) in [7, 11) is -1.04. The van der Waals surface area contributed by atoms with Gasteiger partial charge in [-0.15, -0.1) is 0 Å². The second-order valence-electron chi connectivity index (χ2n) is 6.62. The summed E-state index contributed by atoms with van der Waals surface area (Å²) < 4.78 is 68.5. The zero-order valence-corrected chi connectivity index (χ0v) is 12.3. The topological polar surface area (TPSA) is 38.8 Å². The third kappa shape index (κ3) is 1.27. The minimum absolute atomic E-state index is 0.0704. The van der Waals surface area contributed by atoms with E-state index in [1.807, 2.05) is 11.9 Å². The second-order valence-corrected chi connectivity index (χ2v) is 6.62. The molecule has 1 aromatic rings. The van der Waals surface area contributed by atoms with Crippen molar-refractivity contribution in [2.75, 3.05) is 20.6 Å². The molecule has 0 radical (unpaired) electrons. The summed E-state index contributed by atoms with van der Waals surface area (Å²) in [5.74, 6) is -1.28. The van der Waals surface area contributed by atoms with Crippen LogP contribution in [-0.4, -0.2) is 43.4 Å². The Morgan fingerprint density at radius 2 is 2.50 bits per heavy atom. The maximum absolute atomic E-state index is 13.0. The molecule has 1 aromatic carbocycles. The Bertz CT molecular complexity index is 966. The summed E-state index contributed by atoms with van der Waals surface area (Å²) in [6, 6.07) is -1.81. The Morgan fingerprint density at radius 1 is 1.59 bits per heavy atom. The smallest absolute Gasteiger partial charge is 0.174 e. The zero-order chi connectivity index (χ0) is 21.1. The van der Waals surface area contributed by atoms with Gasteiger partial charge in [-0.2, -0.15) is 0 Å². The SMILES string of the molecule is [2H]c1c([2H])c(OC([2H])([2H])[2H])c2c3c1C[C@]1([2H])[C@@H]4CCC(=O)C([2H])(O2)[C@]34CCN1C. The largest absolute Gasteiger partial charge is 0.493 e. The van der Waals surface area contributed by atoms with Crippen molar-refractivity contribution >= 4 is 5.78 Å². The molecule has 2 heterocycles. The number of piperidine rings is 1. The average Bonchev–Trinajstić information content (AvgIpc) is 2.89. The third-order valence-electron chi connectivity index (χ3n) is 5.82. The van der Waals surface area contributed by atoms with Crippen LogP contribution in [0.5, 0.6) is 11.5 Å². The molecule has 0 amide bonds. The van der Waals surface area contributed by atoms with E-state index < -0.39 is 42.1 Å². The number of nitrogens with zero attached hydrogens (tertiary/aromatic N) is 1. The van der Waals surface area contributed by atoms with Crippen LogP contribution in [-0.2, 0) is 16.6 Å². The summed E-state index contributed by atoms with van der Waals surface area (Å²) in [6.45, 7) is 0.474. The van der Waals surface area contributed by atoms with Crippen molar-refractivity contribution in [3.05, 3.63) is 23.2 Å². The van der Waals surface area contributed by atoms with Crippen molar-refractivity contribution < 1.29 is 23.9 Å². The molecule has 1 saturated carbocycles. The summed E-state index contributed by atoms with van der Waals surface area (Å²) in [5, 5.41) is 0. The predicted molar refractivity (Wildman–Crippen MR) is 81.6 cm³/mol. The van der Waals surface area contributed by atoms with Gasteiger partial charge in [0.05, 0.1) is 15.3 Å². The van der Waals surface area contributed by atoms with Crippen LogP contribution in [0.2, 0.25) is 0 Å². The Morgan fingerprint density at radius 3 is 3.36 bits per heavy atom. The van der Waals surface area contributed by atoms with Gasteiger partial charge in [0.2, 0.25) is 0 Å². The minimum Gasteiger partial charge on any atom is -0.493 e. The maximum Gasteiger partial charge on any atom is 0.174 e. The number of hydrogen-bond acceptors (Lipinski definition) is 4. The van der Waals surface area contributed by atoms with Crippen molar-refractivity contribution in [1.82, 2.24) is 4.90 Å². The lowest BCUT2D eigenvalue weighted by molar-refractivity contribution is -0.138.